The van der Waals surface area contributed by atoms with E-state index in [4.69, 9.17) is 4.74 Å². The van der Waals surface area contributed by atoms with E-state index in [0.29, 0.717) is 17.9 Å². The first-order valence-electron chi connectivity index (χ1n) is 6.16. The van der Waals surface area contributed by atoms with Gasteiger partial charge < -0.3 is 9.94 Å². The van der Waals surface area contributed by atoms with E-state index in [9.17, 15) is 13.6 Å². The van der Waals surface area contributed by atoms with Gasteiger partial charge in [-0.2, -0.15) is 8.42 Å². The van der Waals surface area contributed by atoms with Gasteiger partial charge in [-0.1, -0.05) is 12.1 Å². The van der Waals surface area contributed by atoms with Gasteiger partial charge in [-0.25, -0.2) is 0 Å². The van der Waals surface area contributed by atoms with Gasteiger partial charge in [-0.15, -0.1) is 0 Å². The number of nitrogens with zero attached hydrogens (tertiary/aromatic N) is 1. The van der Waals surface area contributed by atoms with Gasteiger partial charge in [-0.3, -0.25) is 4.65 Å². The number of quaternary nitrogens is 1. The number of ether oxygens (including phenoxy) is 1. The minimum atomic E-state index is -2.61. The first-order chi connectivity index (χ1) is 9.50. The second-order valence-electron chi connectivity index (χ2n) is 4.29. The van der Waals surface area contributed by atoms with Crippen molar-refractivity contribution in [1.82, 2.24) is 4.65 Å². The number of para-hydroxylation sites is 2. The Kier molecular flexibility index (Phi) is 4.08. The molecule has 1 aromatic rings. The van der Waals surface area contributed by atoms with Crippen molar-refractivity contribution in [3.63, 3.8) is 0 Å². The van der Waals surface area contributed by atoms with Crippen LogP contribution >= 0.6 is 0 Å². The number of rotatable bonds is 3. The van der Waals surface area contributed by atoms with Crippen LogP contribution in [0.15, 0.2) is 48.2 Å². The molecule has 0 aromatic heterocycles. The largest absolute Gasteiger partial charge is 0.616 e. The molecule has 20 heavy (non-hydrogen) atoms. The molecule has 0 fully saturated rings. The first kappa shape index (κ1) is 14.5. The average molecular weight is 293 g/mol. The van der Waals surface area contributed by atoms with Crippen LogP contribution in [0, 0.1) is 5.21 Å². The van der Waals surface area contributed by atoms with Gasteiger partial charge in [0.25, 0.3) is 15.3 Å². The molecule has 0 saturated heterocycles. The van der Waals surface area contributed by atoms with E-state index in [0.717, 1.165) is 0 Å². The van der Waals surface area contributed by atoms with E-state index >= 15 is 0 Å². The molecule has 1 heterocycles. The van der Waals surface area contributed by atoms with Crippen LogP contribution in [0.4, 0.5) is 5.69 Å². The van der Waals surface area contributed by atoms with Gasteiger partial charge >= 0.3 is 0 Å². The normalized spacial score (nSPS) is 21.6. The molecule has 0 spiro atoms. The maximum atomic E-state index is 13.1. The molecule has 1 aliphatic heterocycles. The zero-order chi connectivity index (χ0) is 14.8. The topological polar surface area (TPSA) is 66.4 Å². The van der Waals surface area contributed by atoms with Crippen LogP contribution in [0.5, 0.6) is 5.75 Å². The number of hydroxylamine groups is 2. The smallest absolute Gasteiger partial charge is 0.277 e. The van der Waals surface area contributed by atoms with Crippen LogP contribution < -0.4 is 9.38 Å². The Morgan fingerprint density at radius 2 is 2.00 bits per heavy atom. The fraction of sp³-hybridized carbons (Fsp3) is 0.214. The Morgan fingerprint density at radius 3 is 2.65 bits per heavy atom. The SMILES string of the molecule is CCOc1ccccc1[N+]1([O-])C=CC=C(C)C1=S(=O)=O. The summed E-state index contributed by atoms with van der Waals surface area (Å²) in [6.45, 7) is 3.80. The molecule has 106 valence electrons. The maximum Gasteiger partial charge on any atom is 0.277 e. The molecule has 1 atom stereocenters. The molecular formula is C14H15NO4S. The van der Waals surface area contributed by atoms with E-state index in [1.165, 1.54) is 6.20 Å². The van der Waals surface area contributed by atoms with Crippen molar-refractivity contribution in [1.29, 1.82) is 0 Å². The average Bonchev–Trinajstić information content (AvgIpc) is 2.39. The number of allylic oxidation sites excluding steroid dienone is 2. The molecule has 0 radical (unpaired) electrons. The third-order valence-corrected chi connectivity index (χ3v) is 3.87. The molecule has 1 aliphatic rings. The van der Waals surface area contributed by atoms with E-state index in [2.05, 4.69) is 0 Å². The number of hydrogen-bond donors (Lipinski definition) is 0. The van der Waals surface area contributed by atoms with Crippen LogP contribution in [-0.2, 0) is 10.3 Å². The Bertz CT molecular complexity index is 710. The monoisotopic (exact) mass is 293 g/mol. The Labute approximate surface area is 119 Å². The molecule has 0 N–H and O–H groups in total. The third-order valence-electron chi connectivity index (χ3n) is 2.96. The van der Waals surface area contributed by atoms with Gasteiger partial charge in [0.05, 0.1) is 6.61 Å². The van der Waals surface area contributed by atoms with Crippen molar-refractivity contribution < 1.29 is 13.2 Å². The van der Waals surface area contributed by atoms with Crippen molar-refractivity contribution in [2.45, 2.75) is 13.8 Å². The molecule has 5 nitrogen and oxygen atoms in total. The lowest BCUT2D eigenvalue weighted by atomic mass is 10.1. The fourth-order valence-electron chi connectivity index (χ4n) is 2.15. The number of hydrogen-bond acceptors (Lipinski definition) is 4. The standard InChI is InChI=1S/C14H15NO4S/c1-3-19-13-9-5-4-8-12(13)15(16)10-6-7-11(2)14(15)20(17)18/h4-10H,3H2,1-2H3. The second-order valence-corrected chi connectivity index (χ2v) is 5.15. The Morgan fingerprint density at radius 1 is 1.30 bits per heavy atom. The third kappa shape index (κ3) is 2.40. The van der Waals surface area contributed by atoms with Crippen LogP contribution in [0.1, 0.15) is 13.8 Å². The summed E-state index contributed by atoms with van der Waals surface area (Å²) in [5.74, 6) is 0.382. The number of benzene rings is 1. The van der Waals surface area contributed by atoms with Crippen LogP contribution in [0.2, 0.25) is 0 Å². The van der Waals surface area contributed by atoms with E-state index < -0.39 is 14.9 Å². The van der Waals surface area contributed by atoms with Crippen molar-refractivity contribution in [3.8, 4) is 5.75 Å². The molecule has 1 aromatic carbocycles. The molecule has 0 aliphatic carbocycles. The first-order valence-corrected chi connectivity index (χ1v) is 7.23. The molecule has 0 saturated carbocycles. The Balaban J connectivity index is 2.70. The lowest BCUT2D eigenvalue weighted by Crippen LogP contribution is -2.46. The van der Waals surface area contributed by atoms with Crippen molar-refractivity contribution in [3.05, 3.63) is 53.4 Å². The van der Waals surface area contributed by atoms with Crippen LogP contribution in [0.3, 0.4) is 0 Å². The van der Waals surface area contributed by atoms with Crippen molar-refractivity contribution in [2.24, 2.45) is 0 Å². The Hall–Kier alpha value is -1.89. The summed E-state index contributed by atoms with van der Waals surface area (Å²) < 4.78 is 27.2. The summed E-state index contributed by atoms with van der Waals surface area (Å²) >= 11 is 0. The van der Waals surface area contributed by atoms with Gasteiger partial charge in [0, 0.05) is 11.6 Å². The zero-order valence-corrected chi connectivity index (χ0v) is 12.1. The lowest BCUT2D eigenvalue weighted by molar-refractivity contribution is 0.337. The summed E-state index contributed by atoms with van der Waals surface area (Å²) in [4.78, 5) is -0.223. The van der Waals surface area contributed by atoms with E-state index in [-0.39, 0.29) is 10.7 Å². The summed E-state index contributed by atoms with van der Waals surface area (Å²) in [5.41, 5.74) is 0.666. The van der Waals surface area contributed by atoms with Gasteiger partial charge in [-0.05, 0) is 32.1 Å². The highest BCUT2D eigenvalue weighted by Crippen LogP contribution is 2.36. The highest BCUT2D eigenvalue weighted by Gasteiger charge is 2.33. The summed E-state index contributed by atoms with van der Waals surface area (Å²) in [5, 5.41) is 13.1. The molecule has 6 heteroatoms. The predicted molar refractivity (Wildman–Crippen MR) is 79.6 cm³/mol. The fourth-order valence-corrected chi connectivity index (χ4v) is 2.86. The minimum Gasteiger partial charge on any atom is -0.616 e. The maximum absolute atomic E-state index is 13.1. The molecule has 0 amide bonds. The zero-order valence-electron chi connectivity index (χ0n) is 11.2. The lowest BCUT2D eigenvalue weighted by Gasteiger charge is -2.39. The minimum absolute atomic E-state index is 0.223. The van der Waals surface area contributed by atoms with E-state index in [1.807, 2.05) is 0 Å². The summed E-state index contributed by atoms with van der Waals surface area (Å²) in [6.07, 6.45) is 4.44. The molecule has 2 rings (SSSR count). The molecule has 0 bridgehead atoms. The van der Waals surface area contributed by atoms with Crippen molar-refractivity contribution >= 4 is 21.0 Å². The molecular weight excluding hydrogens is 278 g/mol. The highest BCUT2D eigenvalue weighted by molar-refractivity contribution is 7.73. The van der Waals surface area contributed by atoms with Gasteiger partial charge in [0.2, 0.25) is 0 Å². The van der Waals surface area contributed by atoms with Crippen LogP contribution in [-0.4, -0.2) is 20.0 Å². The molecule has 1 unspecified atom stereocenters. The van der Waals surface area contributed by atoms with Gasteiger partial charge in [0.15, 0.2) is 11.4 Å². The predicted octanol–water partition coefficient (Wildman–Crippen LogP) is 2.37. The summed E-state index contributed by atoms with van der Waals surface area (Å²) in [7, 11) is -2.61. The van der Waals surface area contributed by atoms with Crippen molar-refractivity contribution in [2.75, 3.05) is 6.61 Å². The summed E-state index contributed by atoms with van der Waals surface area (Å²) in [6, 6.07) is 6.66. The quantitative estimate of drug-likeness (QED) is 0.487. The highest BCUT2D eigenvalue weighted by atomic mass is 32.2. The van der Waals surface area contributed by atoms with Gasteiger partial charge in [0.1, 0.15) is 6.20 Å². The van der Waals surface area contributed by atoms with E-state index in [1.54, 1.807) is 50.3 Å². The van der Waals surface area contributed by atoms with Crippen LogP contribution in [0.25, 0.3) is 0 Å². The second kappa shape index (κ2) is 5.62.